The molecule has 0 aromatic heterocycles. The summed E-state index contributed by atoms with van der Waals surface area (Å²) in [5.41, 5.74) is 0. The molecule has 0 aliphatic carbocycles. The van der Waals surface area contributed by atoms with Gasteiger partial charge >= 0.3 is 0 Å². The van der Waals surface area contributed by atoms with E-state index in [9.17, 15) is 4.21 Å². The maximum Gasteiger partial charge on any atom is 0.0373 e. The van der Waals surface area contributed by atoms with Crippen LogP contribution in [0.25, 0.3) is 0 Å². The molecule has 1 N–H and O–H groups in total. The summed E-state index contributed by atoms with van der Waals surface area (Å²) in [6.07, 6.45) is 1.94. The zero-order valence-corrected chi connectivity index (χ0v) is 6.24. The van der Waals surface area contributed by atoms with Crippen molar-refractivity contribution in [1.29, 1.82) is 4.78 Å². The molecule has 0 bridgehead atoms. The number of hydrogen-bond donors (Lipinski definition) is 2. The first-order valence-corrected chi connectivity index (χ1v) is 4.19. The molecule has 0 radical (unpaired) electrons. The molecule has 0 saturated heterocycles. The van der Waals surface area contributed by atoms with E-state index in [0.717, 1.165) is 12.8 Å². The number of hydrogen-bond acceptors (Lipinski definition) is 2. The fourth-order valence-electron chi connectivity index (χ4n) is 0.535. The molecule has 2 unspecified atom stereocenters. The van der Waals surface area contributed by atoms with Gasteiger partial charge in [0.2, 0.25) is 0 Å². The molecule has 0 aliphatic rings. The minimum atomic E-state index is -1.67. The Bertz CT molecular complexity index is 112. The van der Waals surface area contributed by atoms with Gasteiger partial charge in [0.25, 0.3) is 0 Å². The lowest BCUT2D eigenvalue weighted by Gasteiger charge is -1.98. The molecule has 0 saturated carbocycles. The van der Waals surface area contributed by atoms with Gasteiger partial charge in [0.05, 0.1) is 0 Å². The first-order valence-electron chi connectivity index (χ1n) is 2.86. The van der Waals surface area contributed by atoms with Crippen molar-refractivity contribution in [3.05, 3.63) is 0 Å². The van der Waals surface area contributed by atoms with Crippen LogP contribution in [0.5, 0.6) is 0 Å². The van der Waals surface area contributed by atoms with Gasteiger partial charge in [0.15, 0.2) is 0 Å². The molecule has 3 heteroatoms. The normalized spacial score (nSPS) is 17.8. The van der Waals surface area contributed by atoms with Gasteiger partial charge in [-0.3, -0.25) is 8.99 Å². The van der Waals surface area contributed by atoms with Gasteiger partial charge in [0, 0.05) is 15.8 Å². The molecule has 0 aromatic carbocycles. The van der Waals surface area contributed by atoms with Gasteiger partial charge in [-0.05, 0) is 6.42 Å². The Morgan fingerprint density at radius 3 is 2.38 bits per heavy atom. The molecular weight excluding hydrogens is 122 g/mol. The molecule has 0 fully saturated rings. The number of rotatable bonds is 3. The fraction of sp³-hybridized carbons (Fsp3) is 1.00. The monoisotopic (exact) mass is 135 g/mol. The minimum Gasteiger partial charge on any atom is -0.255 e. The predicted octanol–water partition coefficient (Wildman–Crippen LogP) is 1.42. The van der Waals surface area contributed by atoms with Gasteiger partial charge in [-0.25, -0.2) is 0 Å². The van der Waals surface area contributed by atoms with E-state index in [-0.39, 0.29) is 5.25 Å². The minimum absolute atomic E-state index is 0.0926. The van der Waals surface area contributed by atoms with Crippen LogP contribution >= 0.6 is 0 Å². The van der Waals surface area contributed by atoms with Crippen molar-refractivity contribution in [2.45, 2.75) is 31.9 Å². The third-order valence-electron chi connectivity index (χ3n) is 1.11. The lowest BCUT2D eigenvalue weighted by molar-refractivity contribution is 0.667. The Morgan fingerprint density at radius 1 is 1.75 bits per heavy atom. The molecule has 0 aromatic rings. The highest BCUT2D eigenvalue weighted by Gasteiger charge is 1.96. The third-order valence-corrected chi connectivity index (χ3v) is 2.17. The van der Waals surface area contributed by atoms with Crippen LogP contribution in [0.3, 0.4) is 0 Å². The maximum absolute atomic E-state index is 10.3. The smallest absolute Gasteiger partial charge is 0.0373 e. The van der Waals surface area contributed by atoms with Crippen LogP contribution < -0.4 is 0 Å². The summed E-state index contributed by atoms with van der Waals surface area (Å²) in [7, 11) is -1.67. The molecule has 0 spiro atoms. The molecule has 0 aliphatic heterocycles. The Kier molecular flexibility index (Phi) is 3.87. The van der Waals surface area contributed by atoms with Gasteiger partial charge in [0.1, 0.15) is 0 Å². The quantitative estimate of drug-likeness (QED) is 0.564. The summed E-state index contributed by atoms with van der Waals surface area (Å²) in [6.45, 7) is 3.89. The van der Waals surface area contributed by atoms with Crippen molar-refractivity contribution in [2.24, 2.45) is 0 Å². The largest absolute Gasteiger partial charge is 0.255 e. The average Bonchev–Trinajstić information content (AvgIpc) is 1.67. The van der Waals surface area contributed by atoms with Crippen LogP contribution in [-0.2, 0) is 10.6 Å². The van der Waals surface area contributed by atoms with E-state index >= 15 is 0 Å². The van der Waals surface area contributed by atoms with E-state index in [1.807, 2.05) is 13.8 Å². The number of thiol groups is 1. The van der Waals surface area contributed by atoms with Crippen molar-refractivity contribution in [2.75, 3.05) is 0 Å². The topological polar surface area (TPSA) is 40.9 Å². The summed E-state index contributed by atoms with van der Waals surface area (Å²) in [6, 6.07) is 0. The van der Waals surface area contributed by atoms with Crippen molar-refractivity contribution in [3.8, 4) is 0 Å². The number of nitrogens with one attached hydrogen (secondary N) is 1. The zero-order valence-electron chi connectivity index (χ0n) is 5.35. The summed E-state index contributed by atoms with van der Waals surface area (Å²) >= 11 is 0. The van der Waals surface area contributed by atoms with Gasteiger partial charge in [-0.2, -0.15) is 0 Å². The lowest BCUT2D eigenvalue weighted by atomic mass is 10.3. The van der Waals surface area contributed by atoms with Crippen LogP contribution in [0.1, 0.15) is 26.7 Å². The van der Waals surface area contributed by atoms with Crippen molar-refractivity contribution in [3.63, 3.8) is 0 Å². The van der Waals surface area contributed by atoms with E-state index < -0.39 is 10.6 Å². The van der Waals surface area contributed by atoms with E-state index in [4.69, 9.17) is 4.78 Å². The molecule has 0 amide bonds. The van der Waals surface area contributed by atoms with Crippen molar-refractivity contribution in [1.82, 2.24) is 0 Å². The lowest BCUT2D eigenvalue weighted by Crippen LogP contribution is -2.00. The van der Waals surface area contributed by atoms with E-state index in [2.05, 4.69) is 0 Å². The highest BCUT2D eigenvalue weighted by atomic mass is 32.2. The Labute approximate surface area is 52.3 Å². The fourth-order valence-corrected chi connectivity index (χ4v) is 1.03. The summed E-state index contributed by atoms with van der Waals surface area (Å²) < 4.78 is 17.1. The average molecular weight is 135 g/mol. The van der Waals surface area contributed by atoms with Gasteiger partial charge in [-0.1, -0.05) is 20.3 Å². The van der Waals surface area contributed by atoms with Crippen LogP contribution in [-0.4, -0.2) is 9.46 Å². The second-order valence-electron chi connectivity index (χ2n) is 1.96. The standard InChI is InChI=1S/C5H13NOS/c1-3-4-5(2)8(6)7/h5-6,8H,3-4H2,1-2H3. The molecule has 0 heterocycles. The molecule has 2 nitrogen and oxygen atoms in total. The Morgan fingerprint density at radius 2 is 2.25 bits per heavy atom. The molecule has 50 valence electrons. The van der Waals surface area contributed by atoms with Crippen molar-refractivity contribution < 1.29 is 4.21 Å². The highest BCUT2D eigenvalue weighted by molar-refractivity contribution is 7.74. The van der Waals surface area contributed by atoms with E-state index in [1.54, 1.807) is 0 Å². The van der Waals surface area contributed by atoms with Crippen molar-refractivity contribution >= 4 is 10.6 Å². The summed E-state index contributed by atoms with van der Waals surface area (Å²) in [5, 5.41) is 0.0926. The Hall–Kier alpha value is -0.0500. The van der Waals surface area contributed by atoms with Gasteiger partial charge in [-0.15, -0.1) is 0 Å². The van der Waals surface area contributed by atoms with Gasteiger partial charge < -0.3 is 0 Å². The second-order valence-corrected chi connectivity index (χ2v) is 3.50. The first-order chi connectivity index (χ1) is 3.68. The second kappa shape index (κ2) is 3.89. The van der Waals surface area contributed by atoms with Crippen LogP contribution in [0.2, 0.25) is 0 Å². The van der Waals surface area contributed by atoms with Crippen LogP contribution in [0.15, 0.2) is 0 Å². The first kappa shape index (κ1) is 7.95. The molecule has 2 atom stereocenters. The molecule has 0 rings (SSSR count). The third kappa shape index (κ3) is 3.02. The molecule has 8 heavy (non-hydrogen) atoms. The SMILES string of the molecule is CCCC(C)[SH](=N)=O. The van der Waals surface area contributed by atoms with Crippen LogP contribution in [0, 0.1) is 4.78 Å². The van der Waals surface area contributed by atoms with E-state index in [0.29, 0.717) is 0 Å². The highest BCUT2D eigenvalue weighted by Crippen LogP contribution is 1.97. The van der Waals surface area contributed by atoms with E-state index in [1.165, 1.54) is 0 Å². The molecular formula is C5H13NOS. The summed E-state index contributed by atoms with van der Waals surface area (Å²) in [4.78, 5) is 0. The predicted molar refractivity (Wildman–Crippen MR) is 36.6 cm³/mol. The summed E-state index contributed by atoms with van der Waals surface area (Å²) in [5.74, 6) is 0. The van der Waals surface area contributed by atoms with Crippen LogP contribution in [0.4, 0.5) is 0 Å². The zero-order chi connectivity index (χ0) is 6.57. The maximum atomic E-state index is 10.3. The Balaban J connectivity index is 3.48.